The molecule has 0 saturated carbocycles. The van der Waals surface area contributed by atoms with E-state index in [9.17, 15) is 0 Å². The molecule has 1 heterocycles. The molecule has 0 bridgehead atoms. The van der Waals surface area contributed by atoms with Crippen molar-refractivity contribution in [1.82, 2.24) is 4.90 Å². The first kappa shape index (κ1) is 13.4. The van der Waals surface area contributed by atoms with Gasteiger partial charge < -0.3 is 9.64 Å². The fourth-order valence-corrected chi connectivity index (χ4v) is 2.81. The summed E-state index contributed by atoms with van der Waals surface area (Å²) in [6.07, 6.45) is 3.86. The van der Waals surface area contributed by atoms with Gasteiger partial charge in [-0.25, -0.2) is 0 Å². The van der Waals surface area contributed by atoms with Gasteiger partial charge in [-0.3, -0.25) is 0 Å². The molecule has 100 valence electrons. The Kier molecular flexibility index (Phi) is 4.65. The molecule has 1 saturated heterocycles. The van der Waals surface area contributed by atoms with Crippen molar-refractivity contribution in [3.63, 3.8) is 0 Å². The minimum Gasteiger partial charge on any atom is -0.497 e. The van der Waals surface area contributed by atoms with Gasteiger partial charge in [0.1, 0.15) is 5.75 Å². The maximum Gasteiger partial charge on any atom is 0.119 e. The van der Waals surface area contributed by atoms with Crippen molar-refractivity contribution < 1.29 is 4.74 Å². The van der Waals surface area contributed by atoms with E-state index in [1.54, 1.807) is 7.11 Å². The van der Waals surface area contributed by atoms with Crippen molar-refractivity contribution in [1.29, 1.82) is 0 Å². The monoisotopic (exact) mass is 247 g/mol. The molecule has 1 aromatic carbocycles. The highest BCUT2D eigenvalue weighted by atomic mass is 16.5. The standard InChI is InChI=1S/C16H25NO/c1-13(2)17-9-7-14(8-10-17)11-15-5-4-6-16(12-15)18-3/h4-6,12-14H,7-11H2,1-3H3. The van der Waals surface area contributed by atoms with Gasteiger partial charge in [0.25, 0.3) is 0 Å². The van der Waals surface area contributed by atoms with E-state index in [2.05, 4.69) is 36.9 Å². The van der Waals surface area contributed by atoms with Crippen LogP contribution in [0, 0.1) is 5.92 Å². The van der Waals surface area contributed by atoms with Crippen molar-refractivity contribution in [2.24, 2.45) is 5.92 Å². The zero-order chi connectivity index (χ0) is 13.0. The molecule has 18 heavy (non-hydrogen) atoms. The molecule has 0 aromatic heterocycles. The van der Waals surface area contributed by atoms with Crippen molar-refractivity contribution in [3.05, 3.63) is 29.8 Å². The molecule has 0 atom stereocenters. The molecular formula is C16H25NO. The van der Waals surface area contributed by atoms with Crippen LogP contribution in [-0.4, -0.2) is 31.1 Å². The van der Waals surface area contributed by atoms with Crippen LogP contribution in [-0.2, 0) is 6.42 Å². The number of ether oxygens (including phenoxy) is 1. The quantitative estimate of drug-likeness (QED) is 0.809. The molecular weight excluding hydrogens is 222 g/mol. The predicted octanol–water partition coefficient (Wildman–Crippen LogP) is 3.36. The first-order valence-corrected chi connectivity index (χ1v) is 7.06. The maximum atomic E-state index is 5.28. The smallest absolute Gasteiger partial charge is 0.119 e. The highest BCUT2D eigenvalue weighted by molar-refractivity contribution is 5.28. The topological polar surface area (TPSA) is 12.5 Å². The molecule has 1 fully saturated rings. The van der Waals surface area contributed by atoms with Crippen molar-refractivity contribution in [3.8, 4) is 5.75 Å². The van der Waals surface area contributed by atoms with Crippen LogP contribution in [0.2, 0.25) is 0 Å². The fourth-order valence-electron chi connectivity index (χ4n) is 2.81. The minimum atomic E-state index is 0.697. The Morgan fingerprint density at radius 2 is 2.00 bits per heavy atom. The second-order valence-corrected chi connectivity index (χ2v) is 5.63. The Morgan fingerprint density at radius 3 is 2.61 bits per heavy atom. The first-order chi connectivity index (χ1) is 8.69. The molecule has 0 spiro atoms. The molecule has 2 heteroatoms. The largest absolute Gasteiger partial charge is 0.497 e. The van der Waals surface area contributed by atoms with E-state index in [1.165, 1.54) is 37.9 Å². The van der Waals surface area contributed by atoms with Gasteiger partial charge in [-0.2, -0.15) is 0 Å². The zero-order valence-electron chi connectivity index (χ0n) is 11.9. The highest BCUT2D eigenvalue weighted by Crippen LogP contribution is 2.24. The number of hydrogen-bond donors (Lipinski definition) is 0. The summed E-state index contributed by atoms with van der Waals surface area (Å²) in [4.78, 5) is 2.59. The van der Waals surface area contributed by atoms with Gasteiger partial charge in [-0.1, -0.05) is 12.1 Å². The van der Waals surface area contributed by atoms with Gasteiger partial charge in [-0.15, -0.1) is 0 Å². The average molecular weight is 247 g/mol. The van der Waals surface area contributed by atoms with Gasteiger partial charge in [0.2, 0.25) is 0 Å². The Morgan fingerprint density at radius 1 is 1.28 bits per heavy atom. The third-order valence-electron chi connectivity index (χ3n) is 4.04. The Hall–Kier alpha value is -1.02. The number of piperidine rings is 1. The number of methoxy groups -OCH3 is 1. The lowest BCUT2D eigenvalue weighted by molar-refractivity contribution is 0.149. The fraction of sp³-hybridized carbons (Fsp3) is 0.625. The predicted molar refractivity (Wildman–Crippen MR) is 76.1 cm³/mol. The molecule has 0 radical (unpaired) electrons. The van der Waals surface area contributed by atoms with Crippen LogP contribution in [0.25, 0.3) is 0 Å². The van der Waals surface area contributed by atoms with E-state index in [0.29, 0.717) is 6.04 Å². The Balaban J connectivity index is 1.87. The number of benzene rings is 1. The summed E-state index contributed by atoms with van der Waals surface area (Å²) in [6.45, 7) is 7.10. The van der Waals surface area contributed by atoms with Crippen LogP contribution in [0.1, 0.15) is 32.3 Å². The van der Waals surface area contributed by atoms with E-state index in [4.69, 9.17) is 4.74 Å². The summed E-state index contributed by atoms with van der Waals surface area (Å²) < 4.78 is 5.28. The minimum absolute atomic E-state index is 0.697. The number of likely N-dealkylation sites (tertiary alicyclic amines) is 1. The summed E-state index contributed by atoms with van der Waals surface area (Å²) in [5, 5.41) is 0. The number of rotatable bonds is 4. The van der Waals surface area contributed by atoms with Crippen molar-refractivity contribution >= 4 is 0 Å². The van der Waals surface area contributed by atoms with Crippen molar-refractivity contribution in [2.75, 3.05) is 20.2 Å². The van der Waals surface area contributed by atoms with Gasteiger partial charge in [-0.05, 0) is 69.8 Å². The van der Waals surface area contributed by atoms with Crippen LogP contribution in [0.15, 0.2) is 24.3 Å². The Bertz CT molecular complexity index is 367. The van der Waals surface area contributed by atoms with Crippen LogP contribution < -0.4 is 4.74 Å². The van der Waals surface area contributed by atoms with Gasteiger partial charge >= 0.3 is 0 Å². The third-order valence-corrected chi connectivity index (χ3v) is 4.04. The molecule has 0 aliphatic carbocycles. The molecule has 0 unspecified atom stereocenters. The lowest BCUT2D eigenvalue weighted by atomic mass is 9.89. The van der Waals surface area contributed by atoms with Crippen molar-refractivity contribution in [2.45, 2.75) is 39.2 Å². The van der Waals surface area contributed by atoms with Gasteiger partial charge in [0, 0.05) is 6.04 Å². The molecule has 0 amide bonds. The van der Waals surface area contributed by atoms with E-state index < -0.39 is 0 Å². The molecule has 2 nitrogen and oxygen atoms in total. The normalized spacial score (nSPS) is 18.2. The zero-order valence-corrected chi connectivity index (χ0v) is 11.9. The van der Waals surface area contributed by atoms with Crippen LogP contribution in [0.3, 0.4) is 0 Å². The molecule has 1 aliphatic heterocycles. The van der Waals surface area contributed by atoms with E-state index >= 15 is 0 Å². The summed E-state index contributed by atoms with van der Waals surface area (Å²) in [7, 11) is 1.74. The summed E-state index contributed by atoms with van der Waals surface area (Å²) in [5.74, 6) is 1.82. The highest BCUT2D eigenvalue weighted by Gasteiger charge is 2.20. The third kappa shape index (κ3) is 3.49. The van der Waals surface area contributed by atoms with Gasteiger partial charge in [0.05, 0.1) is 7.11 Å². The Labute approximate surface area is 111 Å². The number of nitrogens with zero attached hydrogens (tertiary/aromatic N) is 1. The molecule has 2 rings (SSSR count). The second-order valence-electron chi connectivity index (χ2n) is 5.63. The van der Waals surface area contributed by atoms with E-state index in [0.717, 1.165) is 11.7 Å². The first-order valence-electron chi connectivity index (χ1n) is 7.06. The lowest BCUT2D eigenvalue weighted by Crippen LogP contribution is -2.38. The van der Waals surface area contributed by atoms with Crippen LogP contribution in [0.4, 0.5) is 0 Å². The van der Waals surface area contributed by atoms with Crippen LogP contribution in [0.5, 0.6) is 5.75 Å². The van der Waals surface area contributed by atoms with Crippen LogP contribution >= 0.6 is 0 Å². The number of hydrogen-bond acceptors (Lipinski definition) is 2. The second kappa shape index (κ2) is 6.24. The average Bonchev–Trinajstić information content (AvgIpc) is 2.39. The SMILES string of the molecule is COc1cccc(CC2CCN(C(C)C)CC2)c1. The molecule has 0 N–H and O–H groups in total. The molecule has 1 aromatic rings. The lowest BCUT2D eigenvalue weighted by Gasteiger charge is -2.34. The maximum absolute atomic E-state index is 5.28. The summed E-state index contributed by atoms with van der Waals surface area (Å²) >= 11 is 0. The van der Waals surface area contributed by atoms with E-state index in [-0.39, 0.29) is 0 Å². The van der Waals surface area contributed by atoms with E-state index in [1.807, 2.05) is 6.07 Å². The summed E-state index contributed by atoms with van der Waals surface area (Å²) in [5.41, 5.74) is 1.41. The summed E-state index contributed by atoms with van der Waals surface area (Å²) in [6, 6.07) is 9.21. The molecule has 1 aliphatic rings. The van der Waals surface area contributed by atoms with Gasteiger partial charge in [0.15, 0.2) is 0 Å².